The maximum Gasteiger partial charge on any atom is 0.222 e. The van der Waals surface area contributed by atoms with Crippen molar-refractivity contribution in [2.24, 2.45) is 0 Å². The summed E-state index contributed by atoms with van der Waals surface area (Å²) in [7, 11) is 1.49. The Bertz CT molecular complexity index is 1050. The number of carbonyl (C=O) groups excluding carboxylic acids is 1. The second kappa shape index (κ2) is 6.10. The molecule has 0 unspecified atom stereocenters. The van der Waals surface area contributed by atoms with E-state index in [1.807, 2.05) is 11.0 Å². The molecule has 26 heavy (non-hydrogen) atoms. The van der Waals surface area contributed by atoms with E-state index in [0.717, 1.165) is 18.3 Å². The second-order valence-electron chi connectivity index (χ2n) is 5.71. The van der Waals surface area contributed by atoms with Crippen molar-refractivity contribution in [1.82, 2.24) is 19.6 Å². The minimum atomic E-state index is -0.455. The zero-order valence-corrected chi connectivity index (χ0v) is 13.9. The lowest BCUT2D eigenvalue weighted by molar-refractivity contribution is 0.112. The number of methoxy groups -OCH3 is 1. The van der Waals surface area contributed by atoms with Gasteiger partial charge in [-0.1, -0.05) is 6.08 Å². The second-order valence-corrected chi connectivity index (χ2v) is 5.71. The van der Waals surface area contributed by atoms with E-state index < -0.39 is 5.82 Å². The van der Waals surface area contributed by atoms with Gasteiger partial charge < -0.3 is 15.4 Å². The van der Waals surface area contributed by atoms with Gasteiger partial charge >= 0.3 is 0 Å². The number of fused-ring (bicyclic) bond motifs is 1. The van der Waals surface area contributed by atoms with Crippen molar-refractivity contribution in [1.29, 1.82) is 0 Å². The quantitative estimate of drug-likeness (QED) is 0.715. The van der Waals surface area contributed by atoms with Gasteiger partial charge in [0, 0.05) is 12.7 Å². The highest BCUT2D eigenvalue weighted by atomic mass is 19.1. The number of aldehydes is 1. The zero-order valence-electron chi connectivity index (χ0n) is 13.9. The van der Waals surface area contributed by atoms with Crippen molar-refractivity contribution < 1.29 is 13.9 Å². The van der Waals surface area contributed by atoms with Crippen LogP contribution in [0, 0.1) is 5.82 Å². The first-order valence-electron chi connectivity index (χ1n) is 7.90. The van der Waals surface area contributed by atoms with Gasteiger partial charge in [-0.3, -0.25) is 4.79 Å². The van der Waals surface area contributed by atoms with Gasteiger partial charge in [0.2, 0.25) is 5.88 Å². The summed E-state index contributed by atoms with van der Waals surface area (Å²) < 4.78 is 20.4. The molecule has 0 atom stereocenters. The Labute approximate surface area is 147 Å². The highest BCUT2D eigenvalue weighted by molar-refractivity contribution is 5.91. The van der Waals surface area contributed by atoms with E-state index >= 15 is 0 Å². The molecule has 1 aliphatic rings. The minimum Gasteiger partial charge on any atom is -0.481 e. The van der Waals surface area contributed by atoms with Crippen LogP contribution in [-0.4, -0.2) is 39.5 Å². The number of nitrogen functional groups attached to an aromatic ring is 1. The average molecular weight is 354 g/mol. The number of hydrogen-bond donors (Lipinski definition) is 1. The van der Waals surface area contributed by atoms with Gasteiger partial charge in [0.05, 0.1) is 24.6 Å². The van der Waals surface area contributed by atoms with Gasteiger partial charge in [-0.05, 0) is 18.6 Å². The van der Waals surface area contributed by atoms with E-state index in [1.54, 1.807) is 12.3 Å². The number of hydrogen-bond acceptors (Lipinski definition) is 7. The van der Waals surface area contributed by atoms with Crippen molar-refractivity contribution in [3.8, 4) is 5.88 Å². The van der Waals surface area contributed by atoms with Crippen LogP contribution in [0.1, 0.15) is 22.3 Å². The van der Waals surface area contributed by atoms with E-state index in [9.17, 15) is 9.18 Å². The summed E-state index contributed by atoms with van der Waals surface area (Å²) in [6.07, 6.45) is 6.14. The van der Waals surface area contributed by atoms with Gasteiger partial charge in [0.1, 0.15) is 17.2 Å². The normalized spacial score (nSPS) is 13.9. The van der Waals surface area contributed by atoms with E-state index in [2.05, 4.69) is 15.1 Å². The summed E-state index contributed by atoms with van der Waals surface area (Å²) in [5.74, 6) is 0.588. The highest BCUT2D eigenvalue weighted by Gasteiger charge is 2.24. The number of nitrogens with zero attached hydrogens (tertiary/aromatic N) is 5. The molecule has 3 aromatic heterocycles. The molecule has 1 aliphatic heterocycles. The number of anilines is 2. The molecule has 2 N–H and O–H groups in total. The highest BCUT2D eigenvalue weighted by Crippen LogP contribution is 2.34. The Morgan fingerprint density at radius 3 is 3.04 bits per heavy atom. The first-order valence-corrected chi connectivity index (χ1v) is 7.90. The standard InChI is InChI=1S/C17H15FN6O2/c1-26-17-11(7-10(18)8-20-17)13-3-2-5-23(13)14-4-6-24-16(21-14)12(9-25)15(19)22-24/h3-4,6-9H,2,5H2,1H3,(H2,19,22). The predicted molar refractivity (Wildman–Crippen MR) is 93.5 cm³/mol. The molecule has 0 bridgehead atoms. The van der Waals surface area contributed by atoms with Crippen molar-refractivity contribution in [3.05, 3.63) is 47.5 Å². The van der Waals surface area contributed by atoms with Gasteiger partial charge in [0.25, 0.3) is 0 Å². The van der Waals surface area contributed by atoms with Crippen molar-refractivity contribution >= 4 is 29.3 Å². The number of nitrogens with two attached hydrogens (primary N) is 1. The van der Waals surface area contributed by atoms with E-state index in [0.29, 0.717) is 35.7 Å². The maximum absolute atomic E-state index is 13.7. The Kier molecular flexibility index (Phi) is 3.76. The maximum atomic E-state index is 13.7. The van der Waals surface area contributed by atoms with Crippen LogP contribution in [0.2, 0.25) is 0 Å². The molecule has 0 fully saturated rings. The fourth-order valence-corrected chi connectivity index (χ4v) is 3.04. The number of rotatable bonds is 4. The van der Waals surface area contributed by atoms with Crippen LogP contribution in [-0.2, 0) is 0 Å². The number of ether oxygens (including phenoxy) is 1. The van der Waals surface area contributed by atoms with Gasteiger partial charge in [-0.15, -0.1) is 5.10 Å². The molecule has 8 nitrogen and oxygen atoms in total. The number of halogens is 1. The Balaban J connectivity index is 1.81. The first-order chi connectivity index (χ1) is 12.6. The monoisotopic (exact) mass is 354 g/mol. The van der Waals surface area contributed by atoms with Crippen LogP contribution in [0.15, 0.2) is 30.6 Å². The molecule has 0 radical (unpaired) electrons. The molecule has 0 saturated heterocycles. The predicted octanol–water partition coefficient (Wildman–Crippen LogP) is 1.92. The number of carbonyl (C=O) groups is 1. The summed E-state index contributed by atoms with van der Waals surface area (Å²) in [5.41, 5.74) is 7.63. The fourth-order valence-electron chi connectivity index (χ4n) is 3.04. The SMILES string of the molecule is COc1ncc(F)cc1C1=CCCN1c1ccn2nc(N)c(C=O)c2n1. The molecule has 0 spiro atoms. The lowest BCUT2D eigenvalue weighted by Gasteiger charge is -2.22. The van der Waals surface area contributed by atoms with Crippen LogP contribution < -0.4 is 15.4 Å². The Morgan fingerprint density at radius 2 is 2.27 bits per heavy atom. The van der Waals surface area contributed by atoms with E-state index in [1.165, 1.54) is 17.7 Å². The van der Waals surface area contributed by atoms with Crippen LogP contribution in [0.25, 0.3) is 11.3 Å². The first kappa shape index (κ1) is 16.0. The molecule has 4 rings (SSSR count). The molecular formula is C17H15FN6O2. The van der Waals surface area contributed by atoms with Crippen LogP contribution in [0.4, 0.5) is 16.0 Å². The minimum absolute atomic E-state index is 0.123. The van der Waals surface area contributed by atoms with E-state index in [4.69, 9.17) is 10.5 Å². The summed E-state index contributed by atoms with van der Waals surface area (Å²) in [5, 5.41) is 4.06. The average Bonchev–Trinajstić information content (AvgIpc) is 3.24. The van der Waals surface area contributed by atoms with Crippen LogP contribution in [0.5, 0.6) is 5.88 Å². The fraction of sp³-hybridized carbons (Fsp3) is 0.176. The number of aromatic nitrogens is 4. The lowest BCUT2D eigenvalue weighted by atomic mass is 10.2. The molecule has 9 heteroatoms. The Hall–Kier alpha value is -3.49. The van der Waals surface area contributed by atoms with Crippen LogP contribution in [0.3, 0.4) is 0 Å². The van der Waals surface area contributed by atoms with Crippen molar-refractivity contribution in [2.45, 2.75) is 6.42 Å². The number of pyridine rings is 1. The topological polar surface area (TPSA) is 98.6 Å². The molecule has 0 saturated carbocycles. The van der Waals surface area contributed by atoms with Gasteiger partial charge in [0.15, 0.2) is 17.8 Å². The van der Waals surface area contributed by atoms with Crippen molar-refractivity contribution in [2.75, 3.05) is 24.3 Å². The van der Waals surface area contributed by atoms with E-state index in [-0.39, 0.29) is 11.4 Å². The smallest absolute Gasteiger partial charge is 0.222 e. The zero-order chi connectivity index (χ0) is 18.3. The molecule has 3 aromatic rings. The van der Waals surface area contributed by atoms with Crippen LogP contribution >= 0.6 is 0 Å². The molecule has 132 valence electrons. The third-order valence-corrected chi connectivity index (χ3v) is 4.20. The third-order valence-electron chi connectivity index (χ3n) is 4.20. The van der Waals surface area contributed by atoms with Gasteiger partial charge in [-0.25, -0.2) is 18.9 Å². The molecule has 0 amide bonds. The molecule has 0 aliphatic carbocycles. The summed E-state index contributed by atoms with van der Waals surface area (Å²) in [6.45, 7) is 0.651. The third kappa shape index (κ3) is 2.44. The summed E-state index contributed by atoms with van der Waals surface area (Å²) in [4.78, 5) is 21.7. The van der Waals surface area contributed by atoms with Gasteiger partial charge in [-0.2, -0.15) is 0 Å². The molecular weight excluding hydrogens is 339 g/mol. The summed E-state index contributed by atoms with van der Waals surface area (Å²) >= 11 is 0. The largest absolute Gasteiger partial charge is 0.481 e. The molecule has 0 aromatic carbocycles. The lowest BCUT2D eigenvalue weighted by Crippen LogP contribution is -2.20. The van der Waals surface area contributed by atoms with Crippen molar-refractivity contribution in [3.63, 3.8) is 0 Å². The molecule has 4 heterocycles. The summed E-state index contributed by atoms with van der Waals surface area (Å²) in [6, 6.07) is 3.13. The Morgan fingerprint density at radius 1 is 1.42 bits per heavy atom.